The summed E-state index contributed by atoms with van der Waals surface area (Å²) in [6, 6.07) is -0.437. The summed E-state index contributed by atoms with van der Waals surface area (Å²) in [4.78, 5) is 22.7. The first kappa shape index (κ1) is 26.4. The van der Waals surface area contributed by atoms with E-state index in [0.29, 0.717) is 5.54 Å². The van der Waals surface area contributed by atoms with Gasteiger partial charge in [-0.15, -0.1) is 0 Å². The van der Waals surface area contributed by atoms with Gasteiger partial charge in [0.2, 0.25) is 16.1 Å². The summed E-state index contributed by atoms with van der Waals surface area (Å²) in [6.07, 6.45) is 8.01. The fourth-order valence-corrected chi connectivity index (χ4v) is 6.89. The van der Waals surface area contributed by atoms with E-state index in [0.717, 1.165) is 28.3 Å². The first-order valence-corrected chi connectivity index (χ1v) is 13.5. The lowest BCUT2D eigenvalue weighted by Gasteiger charge is -2.55. The van der Waals surface area contributed by atoms with E-state index >= 15 is 0 Å². The number of sulfonamides is 1. The van der Waals surface area contributed by atoms with E-state index in [1.54, 1.807) is 20.8 Å². The van der Waals surface area contributed by atoms with Gasteiger partial charge in [-0.3, -0.25) is 4.79 Å². The molecule has 4 rings (SSSR count). The van der Waals surface area contributed by atoms with Crippen molar-refractivity contribution >= 4 is 34.6 Å². The van der Waals surface area contributed by atoms with Crippen LogP contribution in [0.1, 0.15) is 59.3 Å². The third-order valence-corrected chi connectivity index (χ3v) is 8.61. The molecule has 0 aliphatic heterocycles. The SMILES string of the molecule is CC(C)N(CC(OC(=O)[C@H](C)CS)C(=O)O)S(C)(=O)=O.NC12CC3CC(CC(C3)C1)C2. The molecule has 10 heteroatoms. The van der Waals surface area contributed by atoms with E-state index in [1.807, 2.05) is 0 Å². The molecule has 2 atom stereocenters. The van der Waals surface area contributed by atoms with Gasteiger partial charge in [-0.05, 0) is 70.1 Å². The second-order valence-electron chi connectivity index (χ2n) is 10.1. The number of thiol groups is 1. The number of nitrogens with zero attached hydrogens (tertiary/aromatic N) is 1. The molecule has 8 nitrogen and oxygen atoms in total. The predicted molar refractivity (Wildman–Crippen MR) is 122 cm³/mol. The normalized spacial score (nSPS) is 31.2. The third-order valence-electron chi connectivity index (χ3n) is 6.64. The number of esters is 1. The van der Waals surface area contributed by atoms with Gasteiger partial charge in [-0.2, -0.15) is 16.9 Å². The predicted octanol–water partition coefficient (Wildman–Crippen LogP) is 2.13. The summed E-state index contributed by atoms with van der Waals surface area (Å²) >= 11 is 3.92. The molecule has 1 unspecified atom stereocenters. The Morgan fingerprint density at radius 1 is 1.13 bits per heavy atom. The molecule has 180 valence electrons. The van der Waals surface area contributed by atoms with Crippen LogP contribution < -0.4 is 5.73 Å². The highest BCUT2D eigenvalue weighted by atomic mass is 32.2. The standard InChI is InChI=1S/C11H21NO6S2.C10H17N/c1-7(2)12(20(4,16)17)5-9(10(13)14)18-11(15)8(3)6-19;11-10-4-7-1-8(5-10)3-9(2-7)6-10/h7-9,19H,5-6H2,1-4H3,(H,13,14);7-9H,1-6,11H2/t8-,9?;/m1./s1. The van der Waals surface area contributed by atoms with Gasteiger partial charge in [0.05, 0.1) is 18.7 Å². The van der Waals surface area contributed by atoms with E-state index < -0.39 is 46.6 Å². The molecule has 0 aromatic carbocycles. The van der Waals surface area contributed by atoms with Crippen LogP contribution in [0.3, 0.4) is 0 Å². The zero-order valence-corrected chi connectivity index (χ0v) is 20.7. The fraction of sp³-hybridized carbons (Fsp3) is 0.905. The van der Waals surface area contributed by atoms with Gasteiger partial charge in [0.25, 0.3) is 0 Å². The van der Waals surface area contributed by atoms with Crippen LogP contribution in [-0.2, 0) is 24.3 Å². The third kappa shape index (κ3) is 7.33. The van der Waals surface area contributed by atoms with Crippen LogP contribution >= 0.6 is 12.6 Å². The summed E-state index contributed by atoms with van der Waals surface area (Å²) in [5.41, 5.74) is 6.62. The lowest BCUT2D eigenvalue weighted by molar-refractivity contribution is -0.166. The number of carboxylic acid groups (broad SMARTS) is 1. The summed E-state index contributed by atoms with van der Waals surface area (Å²) in [5, 5.41) is 9.06. The molecule has 4 aliphatic rings. The highest BCUT2D eigenvalue weighted by molar-refractivity contribution is 7.88. The Bertz CT molecular complexity index is 720. The molecule has 0 amide bonds. The summed E-state index contributed by atoms with van der Waals surface area (Å²) in [6.45, 7) is 4.35. The first-order valence-electron chi connectivity index (χ1n) is 11.0. The number of carbonyl (C=O) groups is 2. The van der Waals surface area contributed by atoms with Crippen LogP contribution in [0.2, 0.25) is 0 Å². The molecule has 4 aliphatic carbocycles. The molecule has 0 saturated heterocycles. The molecular formula is C21H38N2O6S2. The van der Waals surface area contributed by atoms with Gasteiger partial charge < -0.3 is 15.6 Å². The van der Waals surface area contributed by atoms with Gasteiger partial charge in [-0.25, -0.2) is 13.2 Å². The molecule has 4 saturated carbocycles. The van der Waals surface area contributed by atoms with Crippen molar-refractivity contribution in [3.63, 3.8) is 0 Å². The number of aliphatic carboxylic acids is 1. The summed E-state index contributed by atoms with van der Waals surface area (Å²) in [7, 11) is -3.59. The highest BCUT2D eigenvalue weighted by Gasteiger charge is 2.48. The van der Waals surface area contributed by atoms with Gasteiger partial charge in [0.15, 0.2) is 0 Å². The number of hydrogen-bond donors (Lipinski definition) is 3. The maximum absolute atomic E-state index is 11.6. The molecule has 0 aromatic rings. The Morgan fingerprint density at radius 2 is 1.58 bits per heavy atom. The molecule has 0 aromatic heterocycles. The number of nitrogens with two attached hydrogens (primary N) is 1. The van der Waals surface area contributed by atoms with E-state index in [4.69, 9.17) is 15.6 Å². The minimum Gasteiger partial charge on any atom is -0.478 e. The average molecular weight is 479 g/mol. The van der Waals surface area contributed by atoms with Gasteiger partial charge in [0.1, 0.15) is 0 Å². The fourth-order valence-electron chi connectivity index (χ4n) is 5.57. The first-order chi connectivity index (χ1) is 14.2. The minimum atomic E-state index is -3.59. The van der Waals surface area contributed by atoms with Crippen molar-refractivity contribution in [2.75, 3.05) is 18.6 Å². The van der Waals surface area contributed by atoms with Crippen LogP contribution in [0.4, 0.5) is 0 Å². The van der Waals surface area contributed by atoms with Crippen molar-refractivity contribution in [3.05, 3.63) is 0 Å². The number of carboxylic acids is 1. The van der Waals surface area contributed by atoms with Crippen LogP contribution in [0.15, 0.2) is 0 Å². The number of carbonyl (C=O) groups excluding carboxylic acids is 1. The molecule has 3 N–H and O–H groups in total. The molecule has 0 radical (unpaired) electrons. The zero-order valence-electron chi connectivity index (χ0n) is 19.0. The van der Waals surface area contributed by atoms with E-state index in [1.165, 1.54) is 38.5 Å². The Kier molecular flexibility index (Phi) is 8.86. The molecule has 0 heterocycles. The number of hydrogen-bond acceptors (Lipinski definition) is 7. The summed E-state index contributed by atoms with van der Waals surface area (Å²) < 4.78 is 29.0. The van der Waals surface area contributed by atoms with E-state index in [-0.39, 0.29) is 5.75 Å². The van der Waals surface area contributed by atoms with Crippen molar-refractivity contribution in [1.82, 2.24) is 4.31 Å². The Balaban J connectivity index is 0.000000254. The second-order valence-corrected chi connectivity index (χ2v) is 12.4. The highest BCUT2D eigenvalue weighted by Crippen LogP contribution is 2.54. The van der Waals surface area contributed by atoms with Crippen molar-refractivity contribution in [2.24, 2.45) is 29.4 Å². The molecule has 4 fully saturated rings. The Hall–Kier alpha value is -0.840. The quantitative estimate of drug-likeness (QED) is 0.360. The number of rotatable bonds is 8. The largest absolute Gasteiger partial charge is 0.478 e. The van der Waals surface area contributed by atoms with E-state index in [2.05, 4.69) is 12.6 Å². The smallest absolute Gasteiger partial charge is 0.346 e. The van der Waals surface area contributed by atoms with Crippen molar-refractivity contribution in [2.45, 2.75) is 77.0 Å². The molecule has 4 bridgehead atoms. The van der Waals surface area contributed by atoms with Gasteiger partial charge in [-0.1, -0.05) is 6.92 Å². The molecule has 0 spiro atoms. The Morgan fingerprint density at radius 3 is 1.87 bits per heavy atom. The lowest BCUT2D eigenvalue weighted by Crippen LogP contribution is -2.55. The minimum absolute atomic E-state index is 0.213. The monoisotopic (exact) mass is 478 g/mol. The second kappa shape index (κ2) is 10.4. The maximum Gasteiger partial charge on any atom is 0.346 e. The van der Waals surface area contributed by atoms with Crippen molar-refractivity contribution < 1.29 is 27.9 Å². The number of ether oxygens (including phenoxy) is 1. The zero-order chi connectivity index (χ0) is 23.6. The van der Waals surface area contributed by atoms with Crippen LogP contribution in [0.5, 0.6) is 0 Å². The summed E-state index contributed by atoms with van der Waals surface area (Å²) in [5.74, 6) is 0.601. The van der Waals surface area contributed by atoms with Crippen LogP contribution in [0, 0.1) is 23.7 Å². The lowest BCUT2D eigenvalue weighted by atomic mass is 9.53. The average Bonchev–Trinajstić information content (AvgIpc) is 2.61. The van der Waals surface area contributed by atoms with Crippen molar-refractivity contribution in [3.8, 4) is 0 Å². The topological polar surface area (TPSA) is 127 Å². The van der Waals surface area contributed by atoms with Gasteiger partial charge >= 0.3 is 11.9 Å². The maximum atomic E-state index is 11.6. The van der Waals surface area contributed by atoms with Crippen molar-refractivity contribution in [1.29, 1.82) is 0 Å². The molecule has 31 heavy (non-hydrogen) atoms. The van der Waals surface area contributed by atoms with Crippen LogP contribution in [0.25, 0.3) is 0 Å². The van der Waals surface area contributed by atoms with Crippen LogP contribution in [-0.4, -0.2) is 66.0 Å². The van der Waals surface area contributed by atoms with Gasteiger partial charge in [0, 0.05) is 17.3 Å². The van der Waals surface area contributed by atoms with E-state index in [9.17, 15) is 18.0 Å². The Labute approximate surface area is 191 Å². The molecular weight excluding hydrogens is 440 g/mol.